The number of fused-ring (bicyclic) bond motifs is 1. The molecule has 1 N–H and O–H groups in total. The minimum atomic E-state index is -0.980. The van der Waals surface area contributed by atoms with E-state index in [1.165, 1.54) is 0 Å². The first-order valence-electron chi connectivity index (χ1n) is 5.83. The molecule has 1 aromatic carbocycles. The lowest BCUT2D eigenvalue weighted by atomic mass is 9.81. The van der Waals surface area contributed by atoms with Crippen LogP contribution in [0.1, 0.15) is 25.8 Å². The van der Waals surface area contributed by atoms with Crippen LogP contribution in [0.15, 0.2) is 10.5 Å². The van der Waals surface area contributed by atoms with Crippen LogP contribution in [-0.2, 0) is 10.2 Å². The summed E-state index contributed by atoms with van der Waals surface area (Å²) in [5.74, 6) is -1.14. The number of hydrogen-bond donors (Lipinski definition) is 1. The van der Waals surface area contributed by atoms with Gasteiger partial charge in [-0.25, -0.2) is 4.39 Å². The Morgan fingerprint density at radius 3 is 2.74 bits per heavy atom. The lowest BCUT2D eigenvalue weighted by Crippen LogP contribution is -2.25. The summed E-state index contributed by atoms with van der Waals surface area (Å²) < 4.78 is 25.6. The van der Waals surface area contributed by atoms with Gasteiger partial charge in [-0.3, -0.25) is 4.79 Å². The van der Waals surface area contributed by atoms with Gasteiger partial charge in [-0.05, 0) is 6.07 Å². The molecule has 0 unspecified atom stereocenters. The summed E-state index contributed by atoms with van der Waals surface area (Å²) in [6, 6.07) is 1.62. The molecule has 1 aliphatic heterocycles. The highest BCUT2D eigenvalue weighted by Crippen LogP contribution is 2.44. The quantitative estimate of drug-likeness (QED) is 0.923. The SMILES string of the molecule is CC(C)(CC(=O)O)c1c(Br)cc2c(c1F)OCCO2. The van der Waals surface area contributed by atoms with Crippen molar-refractivity contribution in [1.29, 1.82) is 0 Å². The standard InChI is InChI=1S/C13H14BrFO4/c1-13(2,6-9(16)17)10-7(14)5-8-12(11(10)15)19-4-3-18-8/h5H,3-4,6H2,1-2H3,(H,16,17). The van der Waals surface area contributed by atoms with Gasteiger partial charge in [-0.1, -0.05) is 29.8 Å². The summed E-state index contributed by atoms with van der Waals surface area (Å²) in [6.07, 6.45) is -0.178. The summed E-state index contributed by atoms with van der Waals surface area (Å²) in [4.78, 5) is 10.9. The molecule has 1 aromatic rings. The summed E-state index contributed by atoms with van der Waals surface area (Å²) in [5, 5.41) is 8.94. The number of carboxylic acid groups (broad SMARTS) is 1. The Balaban J connectivity index is 2.54. The second kappa shape index (κ2) is 5.00. The fraction of sp³-hybridized carbons (Fsp3) is 0.462. The first-order valence-corrected chi connectivity index (χ1v) is 6.62. The van der Waals surface area contributed by atoms with E-state index in [0.717, 1.165) is 0 Å². The molecule has 19 heavy (non-hydrogen) atoms. The normalized spacial score (nSPS) is 14.3. The highest BCUT2D eigenvalue weighted by Gasteiger charge is 2.33. The minimum Gasteiger partial charge on any atom is -0.486 e. The van der Waals surface area contributed by atoms with E-state index in [9.17, 15) is 9.18 Å². The third-order valence-corrected chi connectivity index (χ3v) is 3.62. The fourth-order valence-electron chi connectivity index (χ4n) is 2.20. The maximum Gasteiger partial charge on any atom is 0.304 e. The zero-order valence-electron chi connectivity index (χ0n) is 10.6. The monoisotopic (exact) mass is 332 g/mol. The van der Waals surface area contributed by atoms with Crippen LogP contribution in [-0.4, -0.2) is 24.3 Å². The number of ether oxygens (including phenoxy) is 2. The summed E-state index contributed by atoms with van der Waals surface area (Å²) in [7, 11) is 0. The summed E-state index contributed by atoms with van der Waals surface area (Å²) in [5.41, 5.74) is -0.566. The molecule has 0 radical (unpaired) electrons. The van der Waals surface area contributed by atoms with Gasteiger partial charge in [0.25, 0.3) is 0 Å². The number of hydrogen-bond acceptors (Lipinski definition) is 3. The third kappa shape index (κ3) is 2.68. The Hall–Kier alpha value is -1.30. The first kappa shape index (κ1) is 14.1. The predicted octanol–water partition coefficient (Wildman–Crippen LogP) is 3.11. The van der Waals surface area contributed by atoms with Crippen LogP contribution in [0.4, 0.5) is 4.39 Å². The molecule has 4 nitrogen and oxygen atoms in total. The molecule has 0 fully saturated rings. The number of rotatable bonds is 3. The summed E-state index contributed by atoms with van der Waals surface area (Å²) >= 11 is 3.28. The molecule has 0 amide bonds. The van der Waals surface area contributed by atoms with E-state index in [2.05, 4.69) is 15.9 Å². The molecular formula is C13H14BrFO4. The maximum absolute atomic E-state index is 14.5. The smallest absolute Gasteiger partial charge is 0.304 e. The number of benzene rings is 1. The highest BCUT2D eigenvalue weighted by molar-refractivity contribution is 9.10. The molecule has 0 atom stereocenters. The molecule has 2 rings (SSSR count). The molecular weight excluding hydrogens is 319 g/mol. The zero-order valence-corrected chi connectivity index (χ0v) is 12.2. The Morgan fingerprint density at radius 2 is 2.11 bits per heavy atom. The van der Waals surface area contributed by atoms with Crippen molar-refractivity contribution in [2.75, 3.05) is 13.2 Å². The molecule has 1 heterocycles. The highest BCUT2D eigenvalue weighted by atomic mass is 79.9. The van der Waals surface area contributed by atoms with Crippen molar-refractivity contribution >= 4 is 21.9 Å². The number of aliphatic carboxylic acids is 1. The van der Waals surface area contributed by atoms with Gasteiger partial charge in [0.2, 0.25) is 0 Å². The Kier molecular flexibility index (Phi) is 3.71. The van der Waals surface area contributed by atoms with Gasteiger partial charge in [0.1, 0.15) is 13.2 Å². The van der Waals surface area contributed by atoms with Gasteiger partial charge < -0.3 is 14.6 Å². The second-order valence-electron chi connectivity index (χ2n) is 5.03. The average molecular weight is 333 g/mol. The van der Waals surface area contributed by atoms with E-state index in [4.69, 9.17) is 14.6 Å². The largest absolute Gasteiger partial charge is 0.486 e. The van der Waals surface area contributed by atoms with E-state index >= 15 is 0 Å². The fourth-order valence-corrected chi connectivity index (χ4v) is 3.12. The molecule has 0 aromatic heterocycles. The number of halogens is 2. The van der Waals surface area contributed by atoms with E-state index in [1.54, 1.807) is 19.9 Å². The molecule has 0 spiro atoms. The van der Waals surface area contributed by atoms with Crippen molar-refractivity contribution in [2.45, 2.75) is 25.7 Å². The van der Waals surface area contributed by atoms with Crippen LogP contribution >= 0.6 is 15.9 Å². The molecule has 0 saturated carbocycles. The van der Waals surface area contributed by atoms with Crippen LogP contribution in [0.3, 0.4) is 0 Å². The van der Waals surface area contributed by atoms with Crippen LogP contribution in [0.2, 0.25) is 0 Å². The molecule has 1 aliphatic rings. The molecule has 0 bridgehead atoms. The zero-order chi connectivity index (χ0) is 14.2. The minimum absolute atomic E-state index is 0.0583. The lowest BCUT2D eigenvalue weighted by Gasteiger charge is -2.28. The number of carboxylic acids is 1. The van der Waals surface area contributed by atoms with E-state index in [1.807, 2.05) is 0 Å². The van der Waals surface area contributed by atoms with Crippen LogP contribution in [0.5, 0.6) is 11.5 Å². The first-order chi connectivity index (χ1) is 8.83. The average Bonchev–Trinajstić information content (AvgIpc) is 2.26. The Labute approximate surface area is 118 Å². The van der Waals surface area contributed by atoms with Gasteiger partial charge in [0.15, 0.2) is 17.3 Å². The Bertz CT molecular complexity index is 528. The van der Waals surface area contributed by atoms with Gasteiger partial charge >= 0.3 is 5.97 Å². The van der Waals surface area contributed by atoms with E-state index in [-0.39, 0.29) is 18.8 Å². The molecule has 104 valence electrons. The van der Waals surface area contributed by atoms with Crippen molar-refractivity contribution in [3.8, 4) is 11.5 Å². The predicted molar refractivity (Wildman–Crippen MR) is 70.4 cm³/mol. The topological polar surface area (TPSA) is 55.8 Å². The molecule has 6 heteroatoms. The van der Waals surface area contributed by atoms with Crippen LogP contribution in [0, 0.1) is 5.82 Å². The maximum atomic E-state index is 14.5. The van der Waals surface area contributed by atoms with Crippen LogP contribution in [0.25, 0.3) is 0 Å². The van der Waals surface area contributed by atoms with Gasteiger partial charge in [-0.15, -0.1) is 0 Å². The third-order valence-electron chi connectivity index (χ3n) is 3.00. The molecule has 0 aliphatic carbocycles. The van der Waals surface area contributed by atoms with Crippen molar-refractivity contribution < 1.29 is 23.8 Å². The Morgan fingerprint density at radius 1 is 1.47 bits per heavy atom. The van der Waals surface area contributed by atoms with Crippen molar-refractivity contribution in [2.24, 2.45) is 0 Å². The van der Waals surface area contributed by atoms with E-state index < -0.39 is 17.2 Å². The second-order valence-corrected chi connectivity index (χ2v) is 5.88. The van der Waals surface area contributed by atoms with Crippen LogP contribution < -0.4 is 9.47 Å². The van der Waals surface area contributed by atoms with Gasteiger partial charge in [-0.2, -0.15) is 0 Å². The van der Waals surface area contributed by atoms with Gasteiger partial charge in [0.05, 0.1) is 6.42 Å². The van der Waals surface area contributed by atoms with Crippen molar-refractivity contribution in [3.63, 3.8) is 0 Å². The van der Waals surface area contributed by atoms with E-state index in [0.29, 0.717) is 22.4 Å². The lowest BCUT2D eigenvalue weighted by molar-refractivity contribution is -0.138. The number of carbonyl (C=O) groups is 1. The summed E-state index contributed by atoms with van der Waals surface area (Å²) in [6.45, 7) is 4.02. The molecule has 0 saturated heterocycles. The van der Waals surface area contributed by atoms with Crippen molar-refractivity contribution in [3.05, 3.63) is 21.9 Å². The van der Waals surface area contributed by atoms with Gasteiger partial charge in [0, 0.05) is 15.5 Å². The van der Waals surface area contributed by atoms with Crippen molar-refractivity contribution in [1.82, 2.24) is 0 Å².